The van der Waals surface area contributed by atoms with Crippen molar-refractivity contribution in [3.8, 4) is 46.0 Å². The van der Waals surface area contributed by atoms with Crippen molar-refractivity contribution in [3.63, 3.8) is 0 Å². The Bertz CT molecular complexity index is 1750. The predicted molar refractivity (Wildman–Crippen MR) is 183 cm³/mol. The number of carbonyl (C=O) groups excluding carboxylic acids is 1. The summed E-state index contributed by atoms with van der Waals surface area (Å²) in [6.45, 7) is 0.797. The molecule has 4 aromatic rings. The molecular weight excluding hydrogens is 616 g/mol. The van der Waals surface area contributed by atoms with Gasteiger partial charge in [-0.2, -0.15) is 0 Å². The van der Waals surface area contributed by atoms with Crippen molar-refractivity contribution >= 4 is 23.7 Å². The third kappa shape index (κ3) is 7.63. The van der Waals surface area contributed by atoms with Crippen LogP contribution in [0.15, 0.2) is 66.7 Å². The molecule has 0 saturated heterocycles. The fraction of sp³-hybridized carbons (Fsp3) is 0.270. The van der Waals surface area contributed by atoms with E-state index in [2.05, 4.69) is 10.6 Å². The zero-order valence-corrected chi connectivity index (χ0v) is 27.9. The molecule has 4 aromatic carbocycles. The van der Waals surface area contributed by atoms with Gasteiger partial charge in [-0.3, -0.25) is 4.79 Å². The molecule has 1 atom stereocenters. The van der Waals surface area contributed by atoms with E-state index < -0.39 is 6.17 Å². The molecule has 0 radical (unpaired) electrons. The summed E-state index contributed by atoms with van der Waals surface area (Å²) in [6, 6.07) is 20.4. The van der Waals surface area contributed by atoms with Crippen molar-refractivity contribution in [1.82, 2.24) is 5.32 Å². The highest BCUT2D eigenvalue weighted by molar-refractivity contribution is 6.02. The van der Waals surface area contributed by atoms with Crippen molar-refractivity contribution in [3.05, 3.63) is 89.0 Å². The maximum absolute atomic E-state index is 12.8. The van der Waals surface area contributed by atoms with Crippen LogP contribution < -0.4 is 48.5 Å². The van der Waals surface area contributed by atoms with Crippen molar-refractivity contribution in [2.45, 2.75) is 12.6 Å². The maximum atomic E-state index is 12.8. The lowest BCUT2D eigenvalue weighted by Gasteiger charge is -2.28. The summed E-state index contributed by atoms with van der Waals surface area (Å²) in [4.78, 5) is 12.8. The van der Waals surface area contributed by atoms with Crippen molar-refractivity contribution < 1.29 is 42.7 Å². The van der Waals surface area contributed by atoms with Crippen LogP contribution in [0.2, 0.25) is 0 Å². The number of methoxy groups -OCH3 is 6. The van der Waals surface area contributed by atoms with E-state index in [0.717, 1.165) is 22.4 Å². The SMILES string of the molecule is COc1ccc2c(c1)C(=O)NC(c1ccc(OCCCOc3cc(/C=C/c4cc(OC)c(OC)c(OC)c4)ccc3OC)c(OC)c1)N2. The minimum atomic E-state index is -0.433. The Labute approximate surface area is 280 Å². The lowest BCUT2D eigenvalue weighted by molar-refractivity contribution is 0.0935. The zero-order valence-electron chi connectivity index (χ0n) is 27.9. The van der Waals surface area contributed by atoms with E-state index in [4.69, 9.17) is 37.9 Å². The quantitative estimate of drug-likeness (QED) is 0.107. The minimum absolute atomic E-state index is 0.191. The Morgan fingerprint density at radius 2 is 1.23 bits per heavy atom. The number of ether oxygens (including phenoxy) is 8. The first-order chi connectivity index (χ1) is 23.4. The molecule has 1 aliphatic rings. The van der Waals surface area contributed by atoms with E-state index in [9.17, 15) is 4.79 Å². The van der Waals surface area contributed by atoms with E-state index >= 15 is 0 Å². The van der Waals surface area contributed by atoms with Crippen LogP contribution in [0.5, 0.6) is 46.0 Å². The second-order valence-electron chi connectivity index (χ2n) is 10.6. The Morgan fingerprint density at radius 1 is 0.583 bits per heavy atom. The number of hydrogen-bond donors (Lipinski definition) is 2. The molecular formula is C37H40N2O9. The summed E-state index contributed by atoms with van der Waals surface area (Å²) in [7, 11) is 9.51. The first-order valence-electron chi connectivity index (χ1n) is 15.3. The van der Waals surface area contributed by atoms with Crippen molar-refractivity contribution in [2.75, 3.05) is 61.2 Å². The lowest BCUT2D eigenvalue weighted by Crippen LogP contribution is -2.38. The highest BCUT2D eigenvalue weighted by Gasteiger charge is 2.26. The molecule has 0 spiro atoms. The van der Waals surface area contributed by atoms with E-state index in [-0.39, 0.29) is 5.91 Å². The highest BCUT2D eigenvalue weighted by Crippen LogP contribution is 2.39. The summed E-state index contributed by atoms with van der Waals surface area (Å²) in [5.41, 5.74) is 3.88. The van der Waals surface area contributed by atoms with Gasteiger partial charge in [-0.05, 0) is 71.3 Å². The third-order valence-electron chi connectivity index (χ3n) is 7.71. The minimum Gasteiger partial charge on any atom is -0.497 e. The van der Waals surface area contributed by atoms with E-state index in [1.54, 1.807) is 48.7 Å². The fourth-order valence-corrected chi connectivity index (χ4v) is 5.24. The molecule has 252 valence electrons. The number of nitrogens with one attached hydrogen (secondary N) is 2. The van der Waals surface area contributed by atoms with Crippen LogP contribution in [0.3, 0.4) is 0 Å². The number of benzene rings is 4. The first kappa shape index (κ1) is 33.6. The van der Waals surface area contributed by atoms with Crippen LogP contribution in [-0.4, -0.2) is 61.8 Å². The van der Waals surface area contributed by atoms with Crippen LogP contribution in [0, 0.1) is 0 Å². The van der Waals surface area contributed by atoms with Gasteiger partial charge in [0.25, 0.3) is 5.91 Å². The molecule has 5 rings (SSSR count). The Balaban J connectivity index is 1.18. The maximum Gasteiger partial charge on any atom is 0.255 e. The number of carbonyl (C=O) groups is 1. The van der Waals surface area contributed by atoms with Gasteiger partial charge in [0.15, 0.2) is 34.5 Å². The summed E-state index contributed by atoms with van der Waals surface area (Å²) >= 11 is 0. The smallest absolute Gasteiger partial charge is 0.255 e. The van der Waals surface area contributed by atoms with E-state index in [0.29, 0.717) is 71.2 Å². The number of rotatable bonds is 15. The van der Waals surface area contributed by atoms with Gasteiger partial charge >= 0.3 is 0 Å². The predicted octanol–water partition coefficient (Wildman–Crippen LogP) is 6.61. The van der Waals surface area contributed by atoms with Gasteiger partial charge < -0.3 is 48.5 Å². The second-order valence-corrected chi connectivity index (χ2v) is 10.6. The lowest BCUT2D eigenvalue weighted by atomic mass is 10.0. The molecule has 0 bridgehead atoms. The molecule has 1 unspecified atom stereocenters. The normalized spacial score (nSPS) is 13.5. The average molecular weight is 657 g/mol. The molecule has 1 heterocycles. The van der Waals surface area contributed by atoms with Gasteiger partial charge in [0, 0.05) is 12.1 Å². The van der Waals surface area contributed by atoms with Crippen LogP contribution >= 0.6 is 0 Å². The van der Waals surface area contributed by atoms with Gasteiger partial charge in [0.1, 0.15) is 11.9 Å². The van der Waals surface area contributed by atoms with Gasteiger partial charge in [-0.1, -0.05) is 24.3 Å². The van der Waals surface area contributed by atoms with E-state index in [1.807, 2.05) is 72.8 Å². The van der Waals surface area contributed by atoms with Crippen LogP contribution in [-0.2, 0) is 0 Å². The van der Waals surface area contributed by atoms with Gasteiger partial charge in [0.05, 0.1) is 61.4 Å². The molecule has 1 aliphatic heterocycles. The molecule has 1 amide bonds. The molecule has 0 saturated carbocycles. The number of fused-ring (bicyclic) bond motifs is 1. The molecule has 48 heavy (non-hydrogen) atoms. The second kappa shape index (κ2) is 15.7. The summed E-state index contributed by atoms with van der Waals surface area (Å²) in [5.74, 6) is 4.51. The van der Waals surface area contributed by atoms with Crippen LogP contribution in [0.1, 0.15) is 39.6 Å². The van der Waals surface area contributed by atoms with Gasteiger partial charge in [-0.15, -0.1) is 0 Å². The Kier molecular flexibility index (Phi) is 11.0. The summed E-state index contributed by atoms with van der Waals surface area (Å²) in [6.07, 6.45) is 4.10. The van der Waals surface area contributed by atoms with Crippen LogP contribution in [0.25, 0.3) is 12.2 Å². The molecule has 11 heteroatoms. The molecule has 0 aromatic heterocycles. The number of amides is 1. The first-order valence-corrected chi connectivity index (χ1v) is 15.3. The third-order valence-corrected chi connectivity index (χ3v) is 7.71. The van der Waals surface area contributed by atoms with Crippen molar-refractivity contribution in [2.24, 2.45) is 0 Å². The molecule has 2 N–H and O–H groups in total. The van der Waals surface area contributed by atoms with Gasteiger partial charge in [0.2, 0.25) is 5.75 Å². The standard InChI is InChI=1S/C37H40N2O9/c1-41-26-12-13-28-27(22-26)37(40)39-36(38-28)25-11-15-30(31(21-25)43-3)47-16-7-17-48-32-18-23(10-14-29(32)42-2)8-9-24-19-33(44-4)35(46-6)34(20-24)45-5/h8-15,18-22,36,38H,7,16-17H2,1-6H3,(H,39,40)/b9-8+. The Morgan fingerprint density at radius 3 is 1.90 bits per heavy atom. The van der Waals surface area contributed by atoms with Crippen molar-refractivity contribution in [1.29, 1.82) is 0 Å². The number of hydrogen-bond acceptors (Lipinski definition) is 10. The molecule has 0 aliphatic carbocycles. The Hall–Kier alpha value is -5.71. The fourth-order valence-electron chi connectivity index (χ4n) is 5.24. The molecule has 0 fully saturated rings. The largest absolute Gasteiger partial charge is 0.497 e. The molecule has 11 nitrogen and oxygen atoms in total. The monoisotopic (exact) mass is 656 g/mol. The summed E-state index contributed by atoms with van der Waals surface area (Å²) in [5, 5.41) is 6.34. The van der Waals surface area contributed by atoms with E-state index in [1.165, 1.54) is 0 Å². The number of anilines is 1. The van der Waals surface area contributed by atoms with Gasteiger partial charge in [-0.25, -0.2) is 0 Å². The highest BCUT2D eigenvalue weighted by atomic mass is 16.5. The summed E-state index contributed by atoms with van der Waals surface area (Å²) < 4.78 is 44.8. The zero-order chi connectivity index (χ0) is 34.0. The topological polar surface area (TPSA) is 115 Å². The van der Waals surface area contributed by atoms with Crippen LogP contribution in [0.4, 0.5) is 5.69 Å². The average Bonchev–Trinajstić information content (AvgIpc) is 3.13.